The van der Waals surface area contributed by atoms with Crippen molar-refractivity contribution in [1.29, 1.82) is 0 Å². The van der Waals surface area contributed by atoms with Gasteiger partial charge in [0.15, 0.2) is 0 Å². The Morgan fingerprint density at radius 3 is 2.81 bits per heavy atom. The van der Waals surface area contributed by atoms with E-state index in [2.05, 4.69) is 11.8 Å². The second kappa shape index (κ2) is 8.09. The number of aliphatic hydroxyl groups is 1. The van der Waals surface area contributed by atoms with Gasteiger partial charge in [-0.15, -0.1) is 11.8 Å². The van der Waals surface area contributed by atoms with E-state index in [1.807, 2.05) is 30.3 Å². The molecule has 0 saturated carbocycles. The minimum Gasteiger partial charge on any atom is -0.395 e. The van der Waals surface area contributed by atoms with Crippen molar-refractivity contribution >= 4 is 23.4 Å². The third-order valence-electron chi connectivity index (χ3n) is 2.63. The molecule has 0 amide bonds. The molecule has 2 rings (SSSR count). The van der Waals surface area contributed by atoms with Gasteiger partial charge in [-0.3, -0.25) is 0 Å². The van der Waals surface area contributed by atoms with Gasteiger partial charge in [-0.2, -0.15) is 0 Å². The molecule has 0 unspecified atom stereocenters. The van der Waals surface area contributed by atoms with Gasteiger partial charge in [0.1, 0.15) is 5.82 Å². The molecule has 0 heterocycles. The Labute approximate surface area is 133 Å². The Hall–Kier alpha value is -1.47. The molecule has 0 aromatic heterocycles. The Morgan fingerprint density at radius 2 is 2.05 bits per heavy atom. The van der Waals surface area contributed by atoms with Gasteiger partial charge < -0.3 is 5.11 Å². The Balaban J connectivity index is 2.08. The topological polar surface area (TPSA) is 20.2 Å². The molecule has 0 bridgehead atoms. The molecule has 21 heavy (non-hydrogen) atoms. The zero-order chi connectivity index (χ0) is 15.1. The predicted octanol–water partition coefficient (Wildman–Crippen LogP) is 4.51. The molecule has 2 aromatic carbocycles. The fraction of sp³-hybridized carbons (Fsp3) is 0.176. The minimum atomic E-state index is -0.299. The smallest absolute Gasteiger partial charge is 0.124 e. The predicted molar refractivity (Wildman–Crippen MR) is 86.0 cm³/mol. The van der Waals surface area contributed by atoms with Crippen LogP contribution >= 0.6 is 23.4 Å². The Kier molecular flexibility index (Phi) is 6.13. The van der Waals surface area contributed by atoms with E-state index >= 15 is 0 Å². The van der Waals surface area contributed by atoms with Gasteiger partial charge >= 0.3 is 0 Å². The highest BCUT2D eigenvalue weighted by Gasteiger charge is 2.02. The summed E-state index contributed by atoms with van der Waals surface area (Å²) in [5, 5.41) is 9.39. The molecule has 4 heteroatoms. The van der Waals surface area contributed by atoms with E-state index in [0.717, 1.165) is 10.5 Å². The van der Waals surface area contributed by atoms with E-state index < -0.39 is 0 Å². The second-order valence-electron chi connectivity index (χ2n) is 4.37. The lowest BCUT2D eigenvalue weighted by atomic mass is 10.1. The first-order valence-electron chi connectivity index (χ1n) is 6.45. The van der Waals surface area contributed by atoms with Crippen LogP contribution in [0.15, 0.2) is 47.4 Å². The first-order valence-corrected chi connectivity index (χ1v) is 7.81. The van der Waals surface area contributed by atoms with Gasteiger partial charge in [0, 0.05) is 27.7 Å². The lowest BCUT2D eigenvalue weighted by Crippen LogP contribution is -1.87. The third kappa shape index (κ3) is 5.43. The van der Waals surface area contributed by atoms with Gasteiger partial charge in [0.2, 0.25) is 0 Å². The number of hydrogen-bond acceptors (Lipinski definition) is 2. The van der Waals surface area contributed by atoms with Crippen molar-refractivity contribution in [3.8, 4) is 11.8 Å². The monoisotopic (exact) mass is 320 g/mol. The van der Waals surface area contributed by atoms with E-state index in [-0.39, 0.29) is 12.4 Å². The summed E-state index contributed by atoms with van der Waals surface area (Å²) in [6, 6.07) is 12.3. The van der Waals surface area contributed by atoms with Crippen molar-refractivity contribution in [2.24, 2.45) is 0 Å². The van der Waals surface area contributed by atoms with Crippen LogP contribution in [-0.4, -0.2) is 11.7 Å². The summed E-state index contributed by atoms with van der Waals surface area (Å²) in [4.78, 5) is 1.04. The zero-order valence-electron chi connectivity index (χ0n) is 11.3. The summed E-state index contributed by atoms with van der Waals surface area (Å²) in [7, 11) is 0. The van der Waals surface area contributed by atoms with Crippen LogP contribution in [0, 0.1) is 17.7 Å². The number of thioether (sulfide) groups is 1. The highest BCUT2D eigenvalue weighted by Crippen LogP contribution is 2.25. The molecule has 0 aliphatic rings. The van der Waals surface area contributed by atoms with Crippen LogP contribution in [0.2, 0.25) is 5.02 Å². The van der Waals surface area contributed by atoms with Crippen molar-refractivity contribution in [2.75, 3.05) is 6.61 Å². The molecule has 1 N–H and O–H groups in total. The minimum absolute atomic E-state index is 0.0137. The van der Waals surface area contributed by atoms with Crippen molar-refractivity contribution < 1.29 is 9.50 Å². The molecule has 2 aromatic rings. The Bertz CT molecular complexity index is 676. The van der Waals surface area contributed by atoms with E-state index in [9.17, 15) is 4.39 Å². The third-order valence-corrected chi connectivity index (χ3v) is 3.93. The summed E-state index contributed by atoms with van der Waals surface area (Å²) in [5.41, 5.74) is 1.50. The molecular weight excluding hydrogens is 307 g/mol. The number of halogens is 2. The van der Waals surface area contributed by atoms with E-state index in [1.165, 1.54) is 12.1 Å². The molecule has 0 aliphatic heterocycles. The van der Waals surface area contributed by atoms with E-state index in [1.54, 1.807) is 11.8 Å². The molecule has 0 radical (unpaired) electrons. The van der Waals surface area contributed by atoms with Crippen LogP contribution < -0.4 is 0 Å². The molecule has 108 valence electrons. The highest BCUT2D eigenvalue weighted by atomic mass is 35.5. The van der Waals surface area contributed by atoms with Gasteiger partial charge in [0.25, 0.3) is 0 Å². The van der Waals surface area contributed by atoms with Gasteiger partial charge in [-0.1, -0.05) is 29.5 Å². The molecule has 1 nitrogen and oxygen atoms in total. The van der Waals surface area contributed by atoms with Crippen molar-refractivity contribution in [1.82, 2.24) is 0 Å². The van der Waals surface area contributed by atoms with Crippen LogP contribution in [0.5, 0.6) is 0 Å². The maximum absolute atomic E-state index is 13.6. The normalized spacial score (nSPS) is 10.0. The largest absolute Gasteiger partial charge is 0.395 e. The summed E-state index contributed by atoms with van der Waals surface area (Å²) in [6.45, 7) is 0.0137. The average molecular weight is 321 g/mol. The molecule has 0 spiro atoms. The molecule has 0 atom stereocenters. The number of aliphatic hydroxyl groups excluding tert-OH is 1. The van der Waals surface area contributed by atoms with Crippen LogP contribution in [-0.2, 0) is 5.75 Å². The number of benzene rings is 2. The zero-order valence-corrected chi connectivity index (χ0v) is 12.8. The number of hydrogen-bond donors (Lipinski definition) is 1. The van der Waals surface area contributed by atoms with Crippen LogP contribution in [0.3, 0.4) is 0 Å². The maximum atomic E-state index is 13.6. The molecule has 0 saturated heterocycles. The van der Waals surface area contributed by atoms with Crippen LogP contribution in [0.4, 0.5) is 4.39 Å². The number of rotatable bonds is 4. The van der Waals surface area contributed by atoms with Crippen molar-refractivity contribution in [2.45, 2.75) is 17.1 Å². The van der Waals surface area contributed by atoms with Crippen molar-refractivity contribution in [3.05, 3.63) is 64.4 Å². The average Bonchev–Trinajstić information content (AvgIpc) is 2.45. The molecule has 0 aliphatic carbocycles. The Morgan fingerprint density at radius 1 is 1.19 bits per heavy atom. The lowest BCUT2D eigenvalue weighted by Gasteiger charge is -2.04. The fourth-order valence-corrected chi connectivity index (χ4v) is 2.89. The first kappa shape index (κ1) is 15.9. The van der Waals surface area contributed by atoms with Gasteiger partial charge in [-0.05, 0) is 42.0 Å². The quantitative estimate of drug-likeness (QED) is 0.661. The first-order chi connectivity index (χ1) is 10.2. The lowest BCUT2D eigenvalue weighted by molar-refractivity contribution is 0.305. The van der Waals surface area contributed by atoms with Crippen LogP contribution in [0.25, 0.3) is 0 Å². The standard InChI is InChI=1S/C17H14ClFOS/c18-15-5-3-6-17(11-15)21-12-14-8-13(4-1-2-7-20)9-16(19)10-14/h3,5-6,8-11,20H,2,7,12H2. The molecule has 0 fully saturated rings. The summed E-state index contributed by atoms with van der Waals surface area (Å²) < 4.78 is 13.6. The summed E-state index contributed by atoms with van der Waals surface area (Å²) in [6.07, 6.45) is 0.392. The highest BCUT2D eigenvalue weighted by molar-refractivity contribution is 7.98. The maximum Gasteiger partial charge on any atom is 0.124 e. The van der Waals surface area contributed by atoms with Gasteiger partial charge in [-0.25, -0.2) is 4.39 Å². The summed E-state index contributed by atoms with van der Waals surface area (Å²) >= 11 is 7.53. The van der Waals surface area contributed by atoms with E-state index in [0.29, 0.717) is 22.8 Å². The fourth-order valence-electron chi connectivity index (χ4n) is 1.75. The van der Waals surface area contributed by atoms with Crippen molar-refractivity contribution in [3.63, 3.8) is 0 Å². The summed E-state index contributed by atoms with van der Waals surface area (Å²) in [5.74, 6) is 6.00. The second-order valence-corrected chi connectivity index (χ2v) is 5.85. The SMILES string of the molecule is OCCC#Cc1cc(F)cc(CSc2cccc(Cl)c2)c1. The van der Waals surface area contributed by atoms with E-state index in [4.69, 9.17) is 16.7 Å². The van der Waals surface area contributed by atoms with Gasteiger partial charge in [0.05, 0.1) is 6.61 Å². The van der Waals surface area contributed by atoms with Crippen LogP contribution in [0.1, 0.15) is 17.5 Å². The molecular formula is C17H14ClFOS.